The molecule has 0 unspecified atom stereocenters. The molecule has 0 radical (unpaired) electrons. The third-order valence-corrected chi connectivity index (χ3v) is 9.08. The number of benzene rings is 7. The van der Waals surface area contributed by atoms with Crippen molar-refractivity contribution in [2.45, 2.75) is 12.8 Å². The van der Waals surface area contributed by atoms with Crippen LogP contribution in [-0.2, 0) is 12.8 Å². The molecule has 0 heterocycles. The Balaban J connectivity index is 1.09. The first-order valence-corrected chi connectivity index (χ1v) is 14.2. The van der Waals surface area contributed by atoms with Gasteiger partial charge in [-0.15, -0.1) is 0 Å². The molecule has 0 aliphatic heterocycles. The second kappa shape index (κ2) is 8.28. The minimum Gasteiger partial charge on any atom is -0.0616 e. The normalized spacial score (nSPS) is 12.8. The molecule has 0 nitrogen and oxygen atoms in total. The molecular weight excluding hydrogens is 480 g/mol. The summed E-state index contributed by atoms with van der Waals surface area (Å²) in [6.45, 7) is 0. The maximum atomic E-state index is 2.48. The van der Waals surface area contributed by atoms with Crippen molar-refractivity contribution in [2.24, 2.45) is 0 Å². The van der Waals surface area contributed by atoms with E-state index in [4.69, 9.17) is 0 Å². The largest absolute Gasteiger partial charge is 0.0616 e. The molecule has 2 aliphatic carbocycles. The van der Waals surface area contributed by atoms with E-state index in [1.165, 1.54) is 88.3 Å². The van der Waals surface area contributed by atoms with Crippen LogP contribution in [0.5, 0.6) is 0 Å². The molecule has 2 aliphatic rings. The van der Waals surface area contributed by atoms with Crippen LogP contribution < -0.4 is 0 Å². The number of hydrogen-bond acceptors (Lipinski definition) is 0. The van der Waals surface area contributed by atoms with Crippen molar-refractivity contribution >= 4 is 21.5 Å². The molecule has 0 spiro atoms. The topological polar surface area (TPSA) is 0 Å². The second-order valence-electron chi connectivity index (χ2n) is 11.3. The van der Waals surface area contributed by atoms with Crippen LogP contribution in [0.4, 0.5) is 0 Å². The minimum atomic E-state index is 1.000. The summed E-state index contributed by atoms with van der Waals surface area (Å²) in [6.07, 6.45) is 2.00. The van der Waals surface area contributed by atoms with Gasteiger partial charge >= 0.3 is 0 Å². The van der Waals surface area contributed by atoms with Crippen LogP contribution in [0.15, 0.2) is 133 Å². The Bertz CT molecular complexity index is 1990. The molecule has 0 fully saturated rings. The molecule has 0 N–H and O–H groups in total. The molecule has 7 aromatic rings. The third-order valence-electron chi connectivity index (χ3n) is 9.08. The van der Waals surface area contributed by atoms with Crippen LogP contribution in [0, 0.1) is 0 Å². The minimum absolute atomic E-state index is 1.000. The molecule has 0 saturated heterocycles. The van der Waals surface area contributed by atoms with Crippen LogP contribution >= 0.6 is 0 Å². The van der Waals surface area contributed by atoms with Gasteiger partial charge in [0.1, 0.15) is 0 Å². The highest BCUT2D eigenvalue weighted by Gasteiger charge is 2.26. The lowest BCUT2D eigenvalue weighted by atomic mass is 9.94. The smallest absolute Gasteiger partial charge is 0.00130 e. The zero-order valence-corrected chi connectivity index (χ0v) is 22.1. The van der Waals surface area contributed by atoms with Crippen LogP contribution in [0.1, 0.15) is 22.3 Å². The maximum absolute atomic E-state index is 2.48. The summed E-state index contributed by atoms with van der Waals surface area (Å²) in [6, 6.07) is 49.8. The summed E-state index contributed by atoms with van der Waals surface area (Å²) in [5.74, 6) is 0. The van der Waals surface area contributed by atoms with Gasteiger partial charge in [0.2, 0.25) is 0 Å². The lowest BCUT2D eigenvalue weighted by Gasteiger charge is -2.10. The molecule has 0 heteroatoms. The van der Waals surface area contributed by atoms with E-state index in [0.717, 1.165) is 12.8 Å². The van der Waals surface area contributed by atoms with E-state index in [1.54, 1.807) is 0 Å². The molecular formula is C40H26. The standard InChI is InChI=1S/C40H26/c1-3-11-33-25(7-1)9-5-13-35(33)27-15-17-37-29(19-27)21-31-23-40-32(24-39(31)37)22-30-20-28(16-18-38(30)40)36-14-6-10-26-8-2-4-12-34(26)36/h1-20,23-24H,21-22H2. The fourth-order valence-corrected chi connectivity index (χ4v) is 7.19. The molecule has 7 aromatic carbocycles. The van der Waals surface area contributed by atoms with Gasteiger partial charge in [0, 0.05) is 0 Å². The van der Waals surface area contributed by atoms with E-state index in [1.807, 2.05) is 0 Å². The molecule has 40 heavy (non-hydrogen) atoms. The fourth-order valence-electron chi connectivity index (χ4n) is 7.19. The van der Waals surface area contributed by atoms with Gasteiger partial charge in [-0.1, -0.05) is 121 Å². The van der Waals surface area contributed by atoms with E-state index in [-0.39, 0.29) is 0 Å². The molecule has 186 valence electrons. The average molecular weight is 507 g/mol. The van der Waals surface area contributed by atoms with Crippen LogP contribution in [0.2, 0.25) is 0 Å². The predicted molar refractivity (Wildman–Crippen MR) is 169 cm³/mol. The van der Waals surface area contributed by atoms with Crippen LogP contribution in [0.25, 0.3) is 66.1 Å². The summed E-state index contributed by atoms with van der Waals surface area (Å²) < 4.78 is 0. The van der Waals surface area contributed by atoms with Crippen molar-refractivity contribution in [1.82, 2.24) is 0 Å². The average Bonchev–Trinajstić information content (AvgIpc) is 3.55. The van der Waals surface area contributed by atoms with E-state index in [2.05, 4.69) is 133 Å². The fraction of sp³-hybridized carbons (Fsp3) is 0.0500. The van der Waals surface area contributed by atoms with Gasteiger partial charge in [-0.05, 0) is 113 Å². The monoisotopic (exact) mass is 506 g/mol. The highest BCUT2D eigenvalue weighted by molar-refractivity contribution is 5.99. The maximum Gasteiger partial charge on any atom is -0.00130 e. The van der Waals surface area contributed by atoms with Crippen molar-refractivity contribution in [3.63, 3.8) is 0 Å². The van der Waals surface area contributed by atoms with Gasteiger partial charge in [-0.2, -0.15) is 0 Å². The Labute approximate surface area is 234 Å². The lowest BCUT2D eigenvalue weighted by molar-refractivity contribution is 1.24. The Hall–Kier alpha value is -4.94. The summed E-state index contributed by atoms with van der Waals surface area (Å²) in [7, 11) is 0. The van der Waals surface area contributed by atoms with Crippen molar-refractivity contribution < 1.29 is 0 Å². The Morgan fingerprint density at radius 1 is 0.300 bits per heavy atom. The molecule has 0 amide bonds. The summed E-state index contributed by atoms with van der Waals surface area (Å²) in [5.41, 5.74) is 16.7. The van der Waals surface area contributed by atoms with Crippen LogP contribution in [-0.4, -0.2) is 0 Å². The molecule has 0 aromatic heterocycles. The lowest BCUT2D eigenvalue weighted by Crippen LogP contribution is -1.86. The van der Waals surface area contributed by atoms with Crippen LogP contribution in [0.3, 0.4) is 0 Å². The summed E-state index contributed by atoms with van der Waals surface area (Å²) in [5, 5.41) is 5.22. The first-order valence-electron chi connectivity index (χ1n) is 14.2. The van der Waals surface area contributed by atoms with E-state index in [9.17, 15) is 0 Å². The highest BCUT2D eigenvalue weighted by atomic mass is 14.3. The van der Waals surface area contributed by atoms with Gasteiger partial charge in [0.25, 0.3) is 0 Å². The van der Waals surface area contributed by atoms with E-state index < -0.39 is 0 Å². The van der Waals surface area contributed by atoms with Gasteiger partial charge in [-0.3, -0.25) is 0 Å². The Morgan fingerprint density at radius 2 is 0.725 bits per heavy atom. The summed E-state index contributed by atoms with van der Waals surface area (Å²) in [4.78, 5) is 0. The number of rotatable bonds is 2. The SMILES string of the molecule is c1ccc2c(-c3ccc4c(c3)Cc3cc5c(cc3-4)Cc3cc(-c4cccc6ccccc46)ccc3-5)cccc2c1. The zero-order valence-electron chi connectivity index (χ0n) is 22.1. The van der Waals surface area contributed by atoms with Gasteiger partial charge in [-0.25, -0.2) is 0 Å². The number of hydrogen-bond donors (Lipinski definition) is 0. The van der Waals surface area contributed by atoms with Gasteiger partial charge < -0.3 is 0 Å². The Kier molecular flexibility index (Phi) is 4.54. The molecule has 0 atom stereocenters. The van der Waals surface area contributed by atoms with Crippen molar-refractivity contribution in [3.8, 4) is 44.5 Å². The van der Waals surface area contributed by atoms with E-state index in [0.29, 0.717) is 0 Å². The van der Waals surface area contributed by atoms with E-state index >= 15 is 0 Å². The molecule has 9 rings (SSSR count). The number of fused-ring (bicyclic) bond motifs is 8. The van der Waals surface area contributed by atoms with Gasteiger partial charge in [0.05, 0.1) is 0 Å². The van der Waals surface area contributed by atoms with Gasteiger partial charge in [0.15, 0.2) is 0 Å². The third kappa shape index (κ3) is 3.20. The zero-order chi connectivity index (χ0) is 26.2. The first-order chi connectivity index (χ1) is 19.8. The molecule has 0 bridgehead atoms. The quantitative estimate of drug-likeness (QED) is 0.219. The first kappa shape index (κ1) is 21.9. The summed E-state index contributed by atoms with van der Waals surface area (Å²) >= 11 is 0. The van der Waals surface area contributed by atoms with Crippen molar-refractivity contribution in [2.75, 3.05) is 0 Å². The van der Waals surface area contributed by atoms with Crippen molar-refractivity contribution in [3.05, 3.63) is 156 Å². The highest BCUT2D eigenvalue weighted by Crippen LogP contribution is 2.46. The molecule has 0 saturated carbocycles. The Morgan fingerprint density at radius 3 is 1.23 bits per heavy atom. The second-order valence-corrected chi connectivity index (χ2v) is 11.3. The predicted octanol–water partition coefficient (Wildman–Crippen LogP) is 10.5. The van der Waals surface area contributed by atoms with Crippen molar-refractivity contribution in [1.29, 1.82) is 0 Å².